The van der Waals surface area contributed by atoms with Gasteiger partial charge in [0.1, 0.15) is 5.56 Å². The third kappa shape index (κ3) is 3.33. The lowest BCUT2D eigenvalue weighted by Gasteiger charge is -2.36. The van der Waals surface area contributed by atoms with E-state index in [1.165, 1.54) is 6.07 Å². The molecule has 1 aliphatic rings. The molecule has 2 atom stereocenters. The highest BCUT2D eigenvalue weighted by molar-refractivity contribution is 6.18. The van der Waals surface area contributed by atoms with Crippen molar-refractivity contribution in [3.05, 3.63) is 39.4 Å². The molecular weight excluding hydrogens is 296 g/mol. The quantitative estimate of drug-likeness (QED) is 0.488. The van der Waals surface area contributed by atoms with Gasteiger partial charge in [0.2, 0.25) is 0 Å². The van der Waals surface area contributed by atoms with Crippen molar-refractivity contribution in [1.82, 2.24) is 4.90 Å². The van der Waals surface area contributed by atoms with Gasteiger partial charge in [-0.25, -0.2) is 0 Å². The molecule has 0 bridgehead atoms. The number of amides is 1. The number of aryl methyl sites for hydroxylation is 1. The van der Waals surface area contributed by atoms with Crippen molar-refractivity contribution in [1.29, 1.82) is 0 Å². The molecule has 0 radical (unpaired) electrons. The van der Waals surface area contributed by atoms with Gasteiger partial charge >= 0.3 is 0 Å². The van der Waals surface area contributed by atoms with Crippen molar-refractivity contribution in [2.75, 3.05) is 19.0 Å². The maximum atomic E-state index is 12.7. The van der Waals surface area contributed by atoms with Crippen LogP contribution in [0.5, 0.6) is 0 Å². The summed E-state index contributed by atoms with van der Waals surface area (Å²) in [7, 11) is 0. The molecule has 114 valence electrons. The van der Waals surface area contributed by atoms with Gasteiger partial charge in [0.25, 0.3) is 11.6 Å². The SMILES string of the molecule is Cc1cccc([N+](=O)[O-])c1C(=O)N1CC(C)OC(CCl)C1. The highest BCUT2D eigenvalue weighted by Crippen LogP contribution is 2.25. The summed E-state index contributed by atoms with van der Waals surface area (Å²) in [5.41, 5.74) is 0.572. The minimum absolute atomic E-state index is 0.143. The Kier molecular flexibility index (Phi) is 4.80. The second-order valence-corrected chi connectivity index (χ2v) is 5.47. The second-order valence-electron chi connectivity index (χ2n) is 5.16. The number of nitro groups is 1. The van der Waals surface area contributed by atoms with Gasteiger partial charge < -0.3 is 9.64 Å². The molecule has 0 N–H and O–H groups in total. The topological polar surface area (TPSA) is 72.7 Å². The first-order valence-corrected chi connectivity index (χ1v) is 7.22. The summed E-state index contributed by atoms with van der Waals surface area (Å²) >= 11 is 5.80. The van der Waals surface area contributed by atoms with E-state index in [1.54, 1.807) is 24.0 Å². The number of nitro benzene ring substituents is 1. The molecule has 6 nitrogen and oxygen atoms in total. The third-order valence-electron chi connectivity index (χ3n) is 3.45. The van der Waals surface area contributed by atoms with Crippen molar-refractivity contribution in [3.8, 4) is 0 Å². The molecule has 0 aliphatic carbocycles. The van der Waals surface area contributed by atoms with Gasteiger partial charge in [-0.1, -0.05) is 12.1 Å². The van der Waals surface area contributed by atoms with E-state index in [9.17, 15) is 14.9 Å². The molecule has 1 heterocycles. The van der Waals surface area contributed by atoms with E-state index >= 15 is 0 Å². The Hall–Kier alpha value is -1.66. The van der Waals surface area contributed by atoms with E-state index in [0.717, 1.165) is 0 Å². The van der Waals surface area contributed by atoms with Gasteiger partial charge in [0.05, 0.1) is 23.0 Å². The Morgan fingerprint density at radius 1 is 1.52 bits per heavy atom. The van der Waals surface area contributed by atoms with E-state index in [1.807, 2.05) is 6.92 Å². The number of carbonyl (C=O) groups excluding carboxylic acids is 1. The number of nitrogens with zero attached hydrogens (tertiary/aromatic N) is 2. The minimum atomic E-state index is -0.525. The van der Waals surface area contributed by atoms with Crippen LogP contribution >= 0.6 is 11.6 Å². The van der Waals surface area contributed by atoms with Crippen molar-refractivity contribution < 1.29 is 14.5 Å². The van der Waals surface area contributed by atoms with Gasteiger partial charge in [0, 0.05) is 19.2 Å². The van der Waals surface area contributed by atoms with E-state index in [4.69, 9.17) is 16.3 Å². The van der Waals surface area contributed by atoms with Crippen LogP contribution in [0.3, 0.4) is 0 Å². The van der Waals surface area contributed by atoms with E-state index in [2.05, 4.69) is 0 Å². The van der Waals surface area contributed by atoms with Gasteiger partial charge in [0.15, 0.2) is 0 Å². The number of hydrogen-bond donors (Lipinski definition) is 0. The van der Waals surface area contributed by atoms with Crippen LogP contribution in [-0.4, -0.2) is 46.9 Å². The summed E-state index contributed by atoms with van der Waals surface area (Å²) in [5.74, 6) is -0.0608. The number of ether oxygens (including phenoxy) is 1. The smallest absolute Gasteiger partial charge is 0.282 e. The molecule has 1 aromatic carbocycles. The molecule has 1 fully saturated rings. The highest BCUT2D eigenvalue weighted by Gasteiger charge is 2.32. The van der Waals surface area contributed by atoms with Gasteiger partial charge in [-0.3, -0.25) is 14.9 Å². The van der Waals surface area contributed by atoms with Gasteiger partial charge in [-0.05, 0) is 19.4 Å². The minimum Gasteiger partial charge on any atom is -0.370 e. The summed E-state index contributed by atoms with van der Waals surface area (Å²) in [6.07, 6.45) is -0.392. The van der Waals surface area contributed by atoms with Crippen LogP contribution in [0.25, 0.3) is 0 Å². The first-order chi connectivity index (χ1) is 9.93. The van der Waals surface area contributed by atoms with Crippen molar-refractivity contribution in [2.24, 2.45) is 0 Å². The summed E-state index contributed by atoms with van der Waals surface area (Å²) in [6, 6.07) is 4.63. The molecule has 1 aliphatic heterocycles. The standard InChI is InChI=1S/C14H17ClN2O4/c1-9-4-3-5-12(17(19)20)13(9)14(18)16-7-10(2)21-11(6-15)8-16/h3-5,10-11H,6-8H2,1-2H3. The maximum absolute atomic E-state index is 12.7. The monoisotopic (exact) mass is 312 g/mol. The maximum Gasteiger partial charge on any atom is 0.282 e. The van der Waals surface area contributed by atoms with Crippen LogP contribution in [-0.2, 0) is 4.74 Å². The van der Waals surface area contributed by atoms with Crippen LogP contribution in [0.4, 0.5) is 5.69 Å². The molecule has 0 saturated carbocycles. The fraction of sp³-hybridized carbons (Fsp3) is 0.500. The van der Waals surface area contributed by atoms with E-state index < -0.39 is 4.92 Å². The number of benzene rings is 1. The Labute approximate surface area is 127 Å². The van der Waals surface area contributed by atoms with Crippen molar-refractivity contribution in [3.63, 3.8) is 0 Å². The third-order valence-corrected chi connectivity index (χ3v) is 3.79. The summed E-state index contributed by atoms with van der Waals surface area (Å²) in [4.78, 5) is 24.9. The molecule has 0 aromatic heterocycles. The van der Waals surface area contributed by atoms with Crippen LogP contribution < -0.4 is 0 Å². The Morgan fingerprint density at radius 2 is 2.24 bits per heavy atom. The molecule has 21 heavy (non-hydrogen) atoms. The Balaban J connectivity index is 2.34. The lowest BCUT2D eigenvalue weighted by molar-refractivity contribution is -0.385. The highest BCUT2D eigenvalue weighted by atomic mass is 35.5. The molecular formula is C14H17ClN2O4. The first-order valence-electron chi connectivity index (χ1n) is 6.68. The van der Waals surface area contributed by atoms with Crippen LogP contribution in [0.1, 0.15) is 22.8 Å². The molecule has 1 amide bonds. The van der Waals surface area contributed by atoms with Crippen molar-refractivity contribution in [2.45, 2.75) is 26.1 Å². The molecule has 1 aromatic rings. The largest absolute Gasteiger partial charge is 0.370 e. The van der Waals surface area contributed by atoms with Crippen LogP contribution in [0.15, 0.2) is 18.2 Å². The average molecular weight is 313 g/mol. The molecule has 2 rings (SSSR count). The first kappa shape index (κ1) is 15.7. The lowest BCUT2D eigenvalue weighted by Crippen LogP contribution is -2.50. The van der Waals surface area contributed by atoms with Crippen LogP contribution in [0, 0.1) is 17.0 Å². The fourth-order valence-corrected chi connectivity index (χ4v) is 2.71. The molecule has 7 heteroatoms. The number of hydrogen-bond acceptors (Lipinski definition) is 4. The Bertz CT molecular complexity index is 564. The zero-order chi connectivity index (χ0) is 15.6. The molecule has 2 unspecified atom stereocenters. The van der Waals surface area contributed by atoms with Crippen LogP contribution in [0.2, 0.25) is 0 Å². The van der Waals surface area contributed by atoms with E-state index in [-0.39, 0.29) is 35.2 Å². The molecule has 1 saturated heterocycles. The number of halogens is 1. The zero-order valence-electron chi connectivity index (χ0n) is 11.9. The summed E-state index contributed by atoms with van der Waals surface area (Å²) in [5, 5.41) is 11.1. The van der Waals surface area contributed by atoms with Gasteiger partial charge in [-0.2, -0.15) is 0 Å². The Morgan fingerprint density at radius 3 is 2.86 bits per heavy atom. The average Bonchev–Trinajstić information content (AvgIpc) is 2.45. The lowest BCUT2D eigenvalue weighted by atomic mass is 10.0. The predicted octanol–water partition coefficient (Wildman–Crippen LogP) is 2.37. The summed E-state index contributed by atoms with van der Waals surface area (Å²) in [6.45, 7) is 4.30. The normalized spacial score (nSPS) is 22.1. The van der Waals surface area contributed by atoms with Crippen molar-refractivity contribution >= 4 is 23.2 Å². The molecule has 0 spiro atoms. The van der Waals surface area contributed by atoms with Gasteiger partial charge in [-0.15, -0.1) is 11.6 Å². The number of morpholine rings is 1. The second kappa shape index (κ2) is 6.41. The fourth-order valence-electron chi connectivity index (χ4n) is 2.54. The zero-order valence-corrected chi connectivity index (χ0v) is 12.7. The van der Waals surface area contributed by atoms with E-state index in [0.29, 0.717) is 18.7 Å². The number of carbonyl (C=O) groups is 1. The number of rotatable bonds is 3. The summed E-state index contributed by atoms with van der Waals surface area (Å²) < 4.78 is 5.60. The predicted molar refractivity (Wildman–Crippen MR) is 78.8 cm³/mol. The number of alkyl halides is 1.